The SMILES string of the molecule is COC(=O)c1ncn(Cc2cnn(C)c2)c1Br. The largest absolute Gasteiger partial charge is 0.464 e. The van der Waals surface area contributed by atoms with Crippen molar-refractivity contribution in [1.29, 1.82) is 0 Å². The van der Waals surface area contributed by atoms with Crippen molar-refractivity contribution in [3.05, 3.63) is 34.6 Å². The Labute approximate surface area is 106 Å². The van der Waals surface area contributed by atoms with Crippen LogP contribution in [-0.4, -0.2) is 32.4 Å². The van der Waals surface area contributed by atoms with Crippen LogP contribution in [-0.2, 0) is 18.3 Å². The Morgan fingerprint density at radius 1 is 1.59 bits per heavy atom. The highest BCUT2D eigenvalue weighted by molar-refractivity contribution is 9.10. The summed E-state index contributed by atoms with van der Waals surface area (Å²) in [4.78, 5) is 15.4. The van der Waals surface area contributed by atoms with Crippen molar-refractivity contribution in [1.82, 2.24) is 19.3 Å². The van der Waals surface area contributed by atoms with Crippen LogP contribution in [0.1, 0.15) is 16.1 Å². The molecule has 17 heavy (non-hydrogen) atoms. The lowest BCUT2D eigenvalue weighted by atomic mass is 10.3. The minimum absolute atomic E-state index is 0.274. The van der Waals surface area contributed by atoms with E-state index in [4.69, 9.17) is 0 Å². The number of nitrogens with zero attached hydrogens (tertiary/aromatic N) is 4. The zero-order chi connectivity index (χ0) is 12.4. The van der Waals surface area contributed by atoms with Gasteiger partial charge in [0, 0.05) is 18.8 Å². The predicted octanol–water partition coefficient (Wildman–Crippen LogP) is 1.21. The molecule has 90 valence electrons. The molecule has 0 bridgehead atoms. The third kappa shape index (κ3) is 2.38. The molecule has 0 saturated carbocycles. The van der Waals surface area contributed by atoms with Gasteiger partial charge in [0.15, 0.2) is 5.69 Å². The van der Waals surface area contributed by atoms with Crippen molar-refractivity contribution in [2.45, 2.75) is 6.54 Å². The number of imidazole rings is 1. The molecule has 6 nitrogen and oxygen atoms in total. The third-order valence-electron chi connectivity index (χ3n) is 2.26. The van der Waals surface area contributed by atoms with Gasteiger partial charge in [-0.15, -0.1) is 0 Å². The molecule has 0 aliphatic heterocycles. The number of methoxy groups -OCH3 is 1. The second kappa shape index (κ2) is 4.70. The van der Waals surface area contributed by atoms with Crippen LogP contribution in [0.4, 0.5) is 0 Å². The molecule has 0 N–H and O–H groups in total. The summed E-state index contributed by atoms with van der Waals surface area (Å²) in [5, 5.41) is 4.08. The molecule has 2 aromatic rings. The zero-order valence-electron chi connectivity index (χ0n) is 9.42. The molecule has 0 saturated heterocycles. The number of carbonyl (C=O) groups is 1. The van der Waals surface area contributed by atoms with Crippen LogP contribution < -0.4 is 0 Å². The van der Waals surface area contributed by atoms with E-state index in [0.29, 0.717) is 11.1 Å². The van der Waals surface area contributed by atoms with E-state index in [2.05, 4.69) is 30.7 Å². The molecule has 2 heterocycles. The van der Waals surface area contributed by atoms with Crippen molar-refractivity contribution in [3.63, 3.8) is 0 Å². The van der Waals surface area contributed by atoms with Crippen molar-refractivity contribution in [2.75, 3.05) is 7.11 Å². The first-order chi connectivity index (χ1) is 8.11. The molecule has 0 spiro atoms. The van der Waals surface area contributed by atoms with Crippen LogP contribution in [0.3, 0.4) is 0 Å². The zero-order valence-corrected chi connectivity index (χ0v) is 11.0. The average Bonchev–Trinajstić information content (AvgIpc) is 2.87. The van der Waals surface area contributed by atoms with Crippen molar-refractivity contribution in [3.8, 4) is 0 Å². The van der Waals surface area contributed by atoms with E-state index in [-0.39, 0.29) is 5.69 Å². The molecule has 0 amide bonds. The predicted molar refractivity (Wildman–Crippen MR) is 63.6 cm³/mol. The number of carbonyl (C=O) groups excluding carboxylic acids is 1. The highest BCUT2D eigenvalue weighted by Crippen LogP contribution is 2.17. The highest BCUT2D eigenvalue weighted by Gasteiger charge is 2.16. The first-order valence-electron chi connectivity index (χ1n) is 4.88. The smallest absolute Gasteiger partial charge is 0.359 e. The molecular weight excluding hydrogens is 288 g/mol. The van der Waals surface area contributed by atoms with Crippen molar-refractivity contribution < 1.29 is 9.53 Å². The minimum Gasteiger partial charge on any atom is -0.464 e. The molecule has 0 fully saturated rings. The topological polar surface area (TPSA) is 61.9 Å². The fourth-order valence-corrected chi connectivity index (χ4v) is 1.94. The van der Waals surface area contributed by atoms with Gasteiger partial charge < -0.3 is 9.30 Å². The minimum atomic E-state index is -0.457. The Bertz CT molecular complexity index is 546. The van der Waals surface area contributed by atoms with Crippen LogP contribution in [0.15, 0.2) is 23.3 Å². The van der Waals surface area contributed by atoms with E-state index in [0.717, 1.165) is 5.56 Å². The molecule has 7 heteroatoms. The van der Waals surface area contributed by atoms with E-state index in [1.165, 1.54) is 7.11 Å². The van der Waals surface area contributed by atoms with Crippen molar-refractivity contribution in [2.24, 2.45) is 7.05 Å². The number of esters is 1. The first kappa shape index (κ1) is 11.8. The van der Waals surface area contributed by atoms with Gasteiger partial charge in [0.05, 0.1) is 26.2 Å². The van der Waals surface area contributed by atoms with Gasteiger partial charge in [-0.25, -0.2) is 9.78 Å². The molecule has 0 aromatic carbocycles. The van der Waals surface area contributed by atoms with Crippen LogP contribution in [0, 0.1) is 0 Å². The Hall–Kier alpha value is -1.63. The van der Waals surface area contributed by atoms with E-state index >= 15 is 0 Å². The van der Waals surface area contributed by atoms with E-state index < -0.39 is 5.97 Å². The van der Waals surface area contributed by atoms with Gasteiger partial charge in [-0.2, -0.15) is 5.10 Å². The lowest BCUT2D eigenvalue weighted by Gasteiger charge is -2.01. The summed E-state index contributed by atoms with van der Waals surface area (Å²) >= 11 is 3.33. The van der Waals surface area contributed by atoms with E-state index in [1.54, 1.807) is 17.2 Å². The number of rotatable bonds is 3. The van der Waals surface area contributed by atoms with Gasteiger partial charge in [0.25, 0.3) is 0 Å². The molecule has 0 aliphatic carbocycles. The molecule has 0 unspecified atom stereocenters. The number of halogens is 1. The summed E-state index contributed by atoms with van der Waals surface area (Å²) in [5.41, 5.74) is 1.30. The Morgan fingerprint density at radius 3 is 2.94 bits per heavy atom. The van der Waals surface area contributed by atoms with Crippen LogP contribution in [0.25, 0.3) is 0 Å². The summed E-state index contributed by atoms with van der Waals surface area (Å²) in [6, 6.07) is 0. The highest BCUT2D eigenvalue weighted by atomic mass is 79.9. The summed E-state index contributed by atoms with van der Waals surface area (Å²) in [5.74, 6) is -0.457. The summed E-state index contributed by atoms with van der Waals surface area (Å²) in [7, 11) is 3.18. The quantitative estimate of drug-likeness (QED) is 0.799. The number of hydrogen-bond acceptors (Lipinski definition) is 4. The Balaban J connectivity index is 2.23. The molecule has 0 atom stereocenters. The lowest BCUT2D eigenvalue weighted by Crippen LogP contribution is -2.04. The summed E-state index contributed by atoms with van der Waals surface area (Å²) in [6.07, 6.45) is 5.26. The summed E-state index contributed by atoms with van der Waals surface area (Å²) < 4.78 is 8.76. The van der Waals surface area contributed by atoms with Gasteiger partial charge in [-0.1, -0.05) is 0 Å². The van der Waals surface area contributed by atoms with Gasteiger partial charge in [-0.3, -0.25) is 4.68 Å². The normalized spacial score (nSPS) is 10.5. The number of aromatic nitrogens is 4. The Kier molecular flexibility index (Phi) is 3.28. The number of hydrogen-bond donors (Lipinski definition) is 0. The Morgan fingerprint density at radius 2 is 2.35 bits per heavy atom. The molecular formula is C10H11BrN4O2. The maximum Gasteiger partial charge on any atom is 0.359 e. The van der Waals surface area contributed by atoms with Gasteiger partial charge >= 0.3 is 5.97 Å². The molecule has 2 rings (SSSR count). The number of ether oxygens (including phenoxy) is 1. The van der Waals surface area contributed by atoms with E-state index in [9.17, 15) is 4.79 Å². The number of aryl methyl sites for hydroxylation is 1. The lowest BCUT2D eigenvalue weighted by molar-refractivity contribution is 0.0593. The molecule has 0 aliphatic rings. The molecule has 0 radical (unpaired) electrons. The summed E-state index contributed by atoms with van der Waals surface area (Å²) in [6.45, 7) is 0.596. The maximum atomic E-state index is 11.4. The first-order valence-corrected chi connectivity index (χ1v) is 5.67. The van der Waals surface area contributed by atoms with Crippen LogP contribution >= 0.6 is 15.9 Å². The van der Waals surface area contributed by atoms with Crippen LogP contribution in [0.5, 0.6) is 0 Å². The van der Waals surface area contributed by atoms with Gasteiger partial charge in [0.2, 0.25) is 0 Å². The monoisotopic (exact) mass is 298 g/mol. The van der Waals surface area contributed by atoms with E-state index in [1.807, 2.05) is 17.8 Å². The fraction of sp³-hybridized carbons (Fsp3) is 0.300. The molecule has 2 aromatic heterocycles. The third-order valence-corrected chi connectivity index (χ3v) is 3.09. The average molecular weight is 299 g/mol. The second-order valence-electron chi connectivity index (χ2n) is 3.53. The standard InChI is InChI=1S/C10H11BrN4O2/c1-14-4-7(3-13-14)5-15-6-12-8(9(15)11)10(16)17-2/h3-4,6H,5H2,1-2H3. The van der Waals surface area contributed by atoms with Crippen LogP contribution in [0.2, 0.25) is 0 Å². The van der Waals surface area contributed by atoms with Gasteiger partial charge in [0.1, 0.15) is 4.60 Å². The van der Waals surface area contributed by atoms with Gasteiger partial charge in [-0.05, 0) is 15.9 Å². The fourth-order valence-electron chi connectivity index (χ4n) is 1.46. The van der Waals surface area contributed by atoms with Crippen molar-refractivity contribution >= 4 is 21.9 Å². The maximum absolute atomic E-state index is 11.4. The second-order valence-corrected chi connectivity index (χ2v) is 4.28.